The van der Waals surface area contributed by atoms with Crippen LogP contribution in [0.5, 0.6) is 23.0 Å². The first-order valence-corrected chi connectivity index (χ1v) is 22.0. The Kier molecular flexibility index (Phi) is 16.7. The Labute approximate surface area is 312 Å². The van der Waals surface area contributed by atoms with Gasteiger partial charge in [-0.2, -0.15) is 0 Å². The molecule has 0 saturated heterocycles. The van der Waals surface area contributed by atoms with Crippen LogP contribution in [0.4, 0.5) is 0 Å². The maximum Gasteiger partial charge on any atom is 0.273 e. The van der Waals surface area contributed by atoms with Crippen LogP contribution in [0, 0.1) is 27.7 Å². The van der Waals surface area contributed by atoms with E-state index in [9.17, 15) is 0 Å². The monoisotopic (exact) mass is 724 g/mol. The van der Waals surface area contributed by atoms with Gasteiger partial charge in [0.1, 0.15) is 23.0 Å². The minimum atomic E-state index is -1.85. The fourth-order valence-corrected chi connectivity index (χ4v) is 11.7. The van der Waals surface area contributed by atoms with Gasteiger partial charge in [0.25, 0.3) is 18.1 Å². The molecule has 51 heavy (non-hydrogen) atoms. The molecular formula is C44H60O5Si2. The van der Waals surface area contributed by atoms with Crippen LogP contribution in [0.1, 0.15) is 101 Å². The van der Waals surface area contributed by atoms with Crippen molar-refractivity contribution in [2.24, 2.45) is 0 Å². The fraction of sp³-hybridized carbons (Fsp3) is 0.455. The minimum absolute atomic E-state index is 0.699. The zero-order valence-corrected chi connectivity index (χ0v) is 34.5. The van der Waals surface area contributed by atoms with Crippen molar-refractivity contribution in [1.82, 2.24) is 0 Å². The molecule has 0 amide bonds. The van der Waals surface area contributed by atoms with Crippen LogP contribution in [0.2, 0.25) is 0 Å². The maximum atomic E-state index is 7.82. The van der Waals surface area contributed by atoms with Crippen LogP contribution in [-0.2, 0) is 4.12 Å². The molecule has 0 fully saturated rings. The number of hydrogen-bond donors (Lipinski definition) is 0. The number of hydrogen-bond acceptors (Lipinski definition) is 5. The van der Waals surface area contributed by atoms with E-state index in [-0.39, 0.29) is 0 Å². The van der Waals surface area contributed by atoms with Gasteiger partial charge in [0, 0.05) is 0 Å². The summed E-state index contributed by atoms with van der Waals surface area (Å²) in [5, 5.41) is 4.80. The second-order valence-corrected chi connectivity index (χ2v) is 17.8. The van der Waals surface area contributed by atoms with Gasteiger partial charge in [-0.1, -0.05) is 77.6 Å². The van der Waals surface area contributed by atoms with E-state index in [4.69, 9.17) is 23.1 Å². The van der Waals surface area contributed by atoms with Gasteiger partial charge in [-0.25, -0.2) is 0 Å². The van der Waals surface area contributed by atoms with Crippen molar-refractivity contribution in [3.05, 3.63) is 95.1 Å². The Morgan fingerprint density at radius 1 is 0.373 bits per heavy atom. The zero-order valence-electron chi connectivity index (χ0n) is 32.5. The van der Waals surface area contributed by atoms with E-state index in [0.717, 1.165) is 74.4 Å². The summed E-state index contributed by atoms with van der Waals surface area (Å²) in [6.45, 7) is 20.4. The molecular weight excluding hydrogens is 665 g/mol. The number of aryl methyl sites for hydroxylation is 4. The number of unbranched alkanes of at least 4 members (excludes halogenated alkanes) is 4. The fourth-order valence-electron chi connectivity index (χ4n) is 5.69. The Morgan fingerprint density at radius 3 is 0.824 bits per heavy atom. The maximum absolute atomic E-state index is 7.82. The third kappa shape index (κ3) is 11.7. The molecule has 5 nitrogen and oxygen atoms in total. The van der Waals surface area contributed by atoms with Crippen molar-refractivity contribution < 1.29 is 23.1 Å². The van der Waals surface area contributed by atoms with Crippen LogP contribution in [0.15, 0.2) is 72.8 Å². The molecule has 0 aliphatic rings. The van der Waals surface area contributed by atoms with E-state index in [1.165, 1.54) is 43.0 Å². The van der Waals surface area contributed by atoms with Crippen LogP contribution >= 0.6 is 0 Å². The summed E-state index contributed by atoms with van der Waals surface area (Å²) in [5.74, 6) is 3.56. The van der Waals surface area contributed by atoms with Gasteiger partial charge in [-0.15, -0.1) is 0 Å². The molecule has 0 atom stereocenters. The molecule has 4 rings (SSSR count). The molecule has 4 aromatic carbocycles. The van der Waals surface area contributed by atoms with Crippen molar-refractivity contribution in [3.63, 3.8) is 0 Å². The highest BCUT2D eigenvalue weighted by Crippen LogP contribution is 2.20. The van der Waals surface area contributed by atoms with Crippen molar-refractivity contribution in [1.29, 1.82) is 0 Å². The van der Waals surface area contributed by atoms with E-state index in [1.807, 2.05) is 0 Å². The molecule has 0 aromatic heterocycles. The van der Waals surface area contributed by atoms with Crippen LogP contribution in [0.25, 0.3) is 0 Å². The molecule has 4 aromatic rings. The van der Waals surface area contributed by atoms with Crippen molar-refractivity contribution >= 4 is 38.8 Å². The van der Waals surface area contributed by atoms with Gasteiger partial charge in [0.2, 0.25) is 0 Å². The van der Waals surface area contributed by atoms with Crippen LogP contribution in [0.3, 0.4) is 0 Å². The molecule has 0 heterocycles. The SMILES string of the molecule is CCCCOc1ccc(C)c([Si](O[Si](c2cc(OCCCC)ccc2C)c2cc(OCCCC)ccc2C)c2cc(OCCCC)ccc2C)c1. The van der Waals surface area contributed by atoms with Gasteiger partial charge < -0.3 is 23.1 Å². The minimum Gasteiger partial charge on any atom is -0.494 e. The Bertz CT molecular complexity index is 1420. The lowest BCUT2D eigenvalue weighted by atomic mass is 10.2. The molecule has 0 unspecified atom stereocenters. The average Bonchev–Trinajstić information content (AvgIpc) is 3.13. The molecule has 0 aliphatic carbocycles. The van der Waals surface area contributed by atoms with Crippen LogP contribution < -0.4 is 39.7 Å². The zero-order chi connectivity index (χ0) is 36.6. The summed E-state index contributed by atoms with van der Waals surface area (Å²) in [6.07, 6.45) is 8.45. The number of ether oxygens (including phenoxy) is 4. The molecule has 0 aliphatic heterocycles. The van der Waals surface area contributed by atoms with Crippen molar-refractivity contribution in [2.45, 2.75) is 107 Å². The van der Waals surface area contributed by atoms with Gasteiger partial charge in [0.05, 0.1) is 26.4 Å². The van der Waals surface area contributed by atoms with E-state index in [0.29, 0.717) is 26.4 Å². The molecule has 0 spiro atoms. The van der Waals surface area contributed by atoms with Gasteiger partial charge in [-0.3, -0.25) is 0 Å². The molecule has 2 radical (unpaired) electrons. The highest BCUT2D eigenvalue weighted by molar-refractivity contribution is 6.92. The standard InChI is InChI=1S/C44H60O5Si2/c1-9-13-25-45-37-21-17-33(5)41(29-37)50(42-30-38(22-18-34(42)6)46-26-14-10-2)49-51(43-31-39(23-19-35(43)7)47-27-15-11-3)44-32-40(24-20-36(44)8)48-28-16-12-4/h17-24,29-32H,9-16,25-28H2,1-8H3. The summed E-state index contributed by atoms with van der Waals surface area (Å²) in [7, 11) is -3.71. The normalized spacial score (nSPS) is 11.3. The third-order valence-corrected chi connectivity index (χ3v) is 14.8. The average molecular weight is 725 g/mol. The second-order valence-electron chi connectivity index (χ2n) is 13.5. The Hall–Kier alpha value is -3.53. The van der Waals surface area contributed by atoms with Crippen molar-refractivity contribution in [3.8, 4) is 23.0 Å². The van der Waals surface area contributed by atoms with E-state index < -0.39 is 18.1 Å². The lowest BCUT2D eigenvalue weighted by Gasteiger charge is -2.28. The Morgan fingerprint density at radius 2 is 0.608 bits per heavy atom. The lowest BCUT2D eigenvalue weighted by molar-refractivity contribution is 0.309. The lowest BCUT2D eigenvalue weighted by Crippen LogP contribution is -2.58. The first-order valence-electron chi connectivity index (χ1n) is 19.2. The van der Waals surface area contributed by atoms with Crippen molar-refractivity contribution in [2.75, 3.05) is 26.4 Å². The van der Waals surface area contributed by atoms with Gasteiger partial charge in [-0.05, 0) is 145 Å². The first kappa shape index (κ1) is 40.2. The largest absolute Gasteiger partial charge is 0.494 e. The predicted octanol–water partition coefficient (Wildman–Crippen LogP) is 8.56. The number of rotatable bonds is 22. The topological polar surface area (TPSA) is 46.2 Å². The van der Waals surface area contributed by atoms with Gasteiger partial charge in [0.15, 0.2) is 0 Å². The highest BCUT2D eigenvalue weighted by Gasteiger charge is 2.33. The van der Waals surface area contributed by atoms with Crippen LogP contribution in [-0.4, -0.2) is 44.5 Å². The Balaban J connectivity index is 1.92. The second kappa shape index (κ2) is 21.1. The summed E-state index contributed by atoms with van der Waals surface area (Å²) >= 11 is 0. The smallest absolute Gasteiger partial charge is 0.273 e. The summed E-state index contributed by atoms with van der Waals surface area (Å²) < 4.78 is 33.0. The quantitative estimate of drug-likeness (QED) is 0.0601. The molecule has 274 valence electrons. The number of benzene rings is 4. The molecule has 0 N–H and O–H groups in total. The summed E-state index contributed by atoms with van der Waals surface area (Å²) in [5.41, 5.74) is 4.80. The summed E-state index contributed by atoms with van der Waals surface area (Å²) in [6, 6.07) is 26.1. The molecule has 7 heteroatoms. The van der Waals surface area contributed by atoms with Gasteiger partial charge >= 0.3 is 0 Å². The van der Waals surface area contributed by atoms with E-state index in [2.05, 4.69) is 128 Å². The third-order valence-electron chi connectivity index (χ3n) is 9.09. The predicted molar refractivity (Wildman–Crippen MR) is 217 cm³/mol. The van der Waals surface area contributed by atoms with E-state index in [1.54, 1.807) is 0 Å². The van der Waals surface area contributed by atoms with E-state index >= 15 is 0 Å². The first-order chi connectivity index (χ1) is 24.8. The molecule has 0 saturated carbocycles. The summed E-state index contributed by atoms with van der Waals surface area (Å²) in [4.78, 5) is 0. The highest BCUT2D eigenvalue weighted by atomic mass is 28.4. The molecule has 0 bridgehead atoms.